The minimum absolute atomic E-state index is 0.0265. The Bertz CT molecular complexity index is 327. The van der Waals surface area contributed by atoms with Gasteiger partial charge in [-0.1, -0.05) is 6.92 Å². The van der Waals surface area contributed by atoms with Crippen molar-refractivity contribution in [3.63, 3.8) is 0 Å². The lowest BCUT2D eigenvalue weighted by atomic mass is 10.3. The average Bonchev–Trinajstić information content (AvgIpc) is 2.64. The summed E-state index contributed by atoms with van der Waals surface area (Å²) in [6.45, 7) is 4.70. The van der Waals surface area contributed by atoms with Gasteiger partial charge in [0.15, 0.2) is 0 Å². The highest BCUT2D eigenvalue weighted by molar-refractivity contribution is 14.1. The molecule has 1 amide bonds. The number of thiophene rings is 1. The molecule has 0 atom stereocenters. The summed E-state index contributed by atoms with van der Waals surface area (Å²) in [7, 11) is 2.04. The van der Waals surface area contributed by atoms with E-state index in [-0.39, 0.29) is 5.91 Å². The van der Waals surface area contributed by atoms with Crippen molar-refractivity contribution >= 4 is 39.8 Å². The zero-order valence-corrected chi connectivity index (χ0v) is 11.9. The largest absolute Gasteiger partial charge is 0.351 e. The summed E-state index contributed by atoms with van der Waals surface area (Å²) in [6.07, 6.45) is 0. The first-order chi connectivity index (χ1) is 7.13. The first-order valence-corrected chi connectivity index (χ1v) is 6.80. The van der Waals surface area contributed by atoms with Crippen molar-refractivity contribution in [2.45, 2.75) is 6.92 Å². The molecule has 84 valence electrons. The van der Waals surface area contributed by atoms with E-state index in [1.54, 1.807) is 11.3 Å². The molecular formula is C10H15IN2OS. The van der Waals surface area contributed by atoms with Crippen LogP contribution in [0.3, 0.4) is 0 Å². The van der Waals surface area contributed by atoms with Gasteiger partial charge in [-0.3, -0.25) is 4.79 Å². The number of carbonyl (C=O) groups excluding carboxylic acids is 1. The maximum atomic E-state index is 11.6. The standard InChI is InChI=1S/C10H15IN2OS/c1-3-13(2)5-4-12-10(14)8-6-9(11)15-7-8/h6-7H,3-5H2,1-2H3,(H,12,14). The van der Waals surface area contributed by atoms with Gasteiger partial charge in [-0.2, -0.15) is 0 Å². The molecule has 5 heteroatoms. The van der Waals surface area contributed by atoms with Gasteiger partial charge in [0.25, 0.3) is 5.91 Å². The molecule has 1 N–H and O–H groups in total. The Labute approximate surface area is 108 Å². The lowest BCUT2D eigenvalue weighted by Gasteiger charge is -2.13. The molecule has 0 fully saturated rings. The molecule has 3 nitrogen and oxygen atoms in total. The lowest BCUT2D eigenvalue weighted by Crippen LogP contribution is -2.32. The molecule has 0 aliphatic heterocycles. The van der Waals surface area contributed by atoms with Crippen LogP contribution in [-0.4, -0.2) is 37.5 Å². The van der Waals surface area contributed by atoms with E-state index in [2.05, 4.69) is 39.7 Å². The molecule has 1 aromatic rings. The van der Waals surface area contributed by atoms with E-state index in [0.29, 0.717) is 6.54 Å². The van der Waals surface area contributed by atoms with E-state index < -0.39 is 0 Å². The van der Waals surface area contributed by atoms with Crippen LogP contribution in [0, 0.1) is 2.88 Å². The Balaban J connectivity index is 2.31. The smallest absolute Gasteiger partial charge is 0.252 e. The monoisotopic (exact) mass is 338 g/mol. The number of halogens is 1. The van der Waals surface area contributed by atoms with Gasteiger partial charge in [0.1, 0.15) is 0 Å². The van der Waals surface area contributed by atoms with Gasteiger partial charge >= 0.3 is 0 Å². The second-order valence-corrected chi connectivity index (χ2v) is 6.10. The number of rotatable bonds is 5. The van der Waals surface area contributed by atoms with E-state index in [1.807, 2.05) is 18.5 Å². The quantitative estimate of drug-likeness (QED) is 0.834. The van der Waals surface area contributed by atoms with Gasteiger partial charge in [-0.15, -0.1) is 11.3 Å². The number of hydrogen-bond acceptors (Lipinski definition) is 3. The van der Waals surface area contributed by atoms with E-state index in [0.717, 1.165) is 21.5 Å². The van der Waals surface area contributed by atoms with Crippen LogP contribution in [0.15, 0.2) is 11.4 Å². The van der Waals surface area contributed by atoms with Crippen LogP contribution in [0.1, 0.15) is 17.3 Å². The van der Waals surface area contributed by atoms with Crippen molar-refractivity contribution in [1.82, 2.24) is 10.2 Å². The first-order valence-electron chi connectivity index (χ1n) is 4.84. The average molecular weight is 338 g/mol. The van der Waals surface area contributed by atoms with Crippen LogP contribution in [0.5, 0.6) is 0 Å². The summed E-state index contributed by atoms with van der Waals surface area (Å²) in [5.74, 6) is 0.0265. The molecule has 0 unspecified atom stereocenters. The van der Waals surface area contributed by atoms with Crippen molar-refractivity contribution in [3.05, 3.63) is 19.9 Å². The summed E-state index contributed by atoms with van der Waals surface area (Å²) in [6, 6.07) is 1.91. The summed E-state index contributed by atoms with van der Waals surface area (Å²) < 4.78 is 1.14. The zero-order chi connectivity index (χ0) is 11.3. The molecule has 0 spiro atoms. The molecule has 1 heterocycles. The van der Waals surface area contributed by atoms with Gasteiger partial charge in [0.2, 0.25) is 0 Å². The Kier molecular flexibility index (Phi) is 5.55. The summed E-state index contributed by atoms with van der Waals surface area (Å²) in [5.41, 5.74) is 0.767. The third-order valence-electron chi connectivity index (χ3n) is 2.15. The highest BCUT2D eigenvalue weighted by atomic mass is 127. The van der Waals surface area contributed by atoms with Crippen LogP contribution in [0.4, 0.5) is 0 Å². The van der Waals surface area contributed by atoms with E-state index in [9.17, 15) is 4.79 Å². The van der Waals surface area contributed by atoms with Crippen molar-refractivity contribution in [1.29, 1.82) is 0 Å². The fraction of sp³-hybridized carbons (Fsp3) is 0.500. The van der Waals surface area contributed by atoms with Crippen molar-refractivity contribution in [2.24, 2.45) is 0 Å². The second kappa shape index (κ2) is 6.44. The molecule has 0 saturated heterocycles. The number of carbonyl (C=O) groups is 1. The summed E-state index contributed by atoms with van der Waals surface area (Å²) in [5, 5.41) is 4.79. The van der Waals surface area contributed by atoms with Crippen molar-refractivity contribution in [3.8, 4) is 0 Å². The predicted octanol–water partition coefficient (Wildman–Crippen LogP) is 2.03. The molecular weight excluding hydrogens is 323 g/mol. The number of nitrogens with one attached hydrogen (secondary N) is 1. The van der Waals surface area contributed by atoms with Gasteiger partial charge in [-0.05, 0) is 42.2 Å². The minimum Gasteiger partial charge on any atom is -0.351 e. The highest BCUT2D eigenvalue weighted by Gasteiger charge is 2.06. The molecule has 1 aromatic heterocycles. The maximum absolute atomic E-state index is 11.6. The molecule has 0 radical (unpaired) electrons. The van der Waals surface area contributed by atoms with Gasteiger partial charge < -0.3 is 10.2 Å². The maximum Gasteiger partial charge on any atom is 0.252 e. The number of likely N-dealkylation sites (N-methyl/N-ethyl adjacent to an activating group) is 1. The summed E-state index contributed by atoms with van der Waals surface area (Å²) in [4.78, 5) is 13.8. The molecule has 15 heavy (non-hydrogen) atoms. The van der Waals surface area contributed by atoms with Crippen LogP contribution >= 0.6 is 33.9 Å². The molecule has 0 aromatic carbocycles. The number of hydrogen-bond donors (Lipinski definition) is 1. The molecule has 0 saturated carbocycles. The van der Waals surface area contributed by atoms with Crippen LogP contribution < -0.4 is 5.32 Å². The second-order valence-electron chi connectivity index (χ2n) is 3.29. The topological polar surface area (TPSA) is 32.3 Å². The Morgan fingerprint density at radius 3 is 2.93 bits per heavy atom. The fourth-order valence-corrected chi connectivity index (χ4v) is 2.38. The molecule has 1 rings (SSSR count). The number of amides is 1. The number of nitrogens with zero attached hydrogens (tertiary/aromatic N) is 1. The van der Waals surface area contributed by atoms with Crippen LogP contribution in [0.25, 0.3) is 0 Å². The van der Waals surface area contributed by atoms with E-state index in [1.165, 1.54) is 0 Å². The lowest BCUT2D eigenvalue weighted by molar-refractivity contribution is 0.0950. The van der Waals surface area contributed by atoms with Gasteiger partial charge in [-0.25, -0.2) is 0 Å². The van der Waals surface area contributed by atoms with E-state index in [4.69, 9.17) is 0 Å². The van der Waals surface area contributed by atoms with Crippen molar-refractivity contribution in [2.75, 3.05) is 26.7 Å². The van der Waals surface area contributed by atoms with Gasteiger partial charge in [0.05, 0.1) is 8.45 Å². The van der Waals surface area contributed by atoms with Crippen molar-refractivity contribution < 1.29 is 4.79 Å². The van der Waals surface area contributed by atoms with E-state index >= 15 is 0 Å². The predicted molar refractivity (Wildman–Crippen MR) is 72.5 cm³/mol. The highest BCUT2D eigenvalue weighted by Crippen LogP contribution is 2.16. The van der Waals surface area contributed by atoms with Gasteiger partial charge in [0, 0.05) is 18.5 Å². The Morgan fingerprint density at radius 2 is 2.40 bits per heavy atom. The fourth-order valence-electron chi connectivity index (χ4n) is 1.05. The molecule has 0 bridgehead atoms. The minimum atomic E-state index is 0.0265. The third kappa shape index (κ3) is 4.48. The zero-order valence-electron chi connectivity index (χ0n) is 8.92. The SMILES string of the molecule is CCN(C)CCNC(=O)c1csc(I)c1. The van der Waals surface area contributed by atoms with Crippen LogP contribution in [0.2, 0.25) is 0 Å². The van der Waals surface area contributed by atoms with Crippen LogP contribution in [-0.2, 0) is 0 Å². The summed E-state index contributed by atoms with van der Waals surface area (Å²) >= 11 is 3.81. The third-order valence-corrected chi connectivity index (χ3v) is 3.94. The normalized spacial score (nSPS) is 10.7. The molecule has 0 aliphatic carbocycles. The Morgan fingerprint density at radius 1 is 1.67 bits per heavy atom. The Hall–Kier alpha value is -0.140. The first kappa shape index (κ1) is 12.9. The molecule has 0 aliphatic rings.